The molecule has 0 saturated carbocycles. The number of hydrogen-bond donors (Lipinski definition) is 0. The molecule has 0 radical (unpaired) electrons. The first kappa shape index (κ1) is 17.0. The maximum atomic E-state index is 11.8. The van der Waals surface area contributed by atoms with Crippen LogP contribution in [-0.2, 0) is 11.3 Å². The SMILES string of the molecule is Cc1cc2oc(=O)cc(CSc3nnnn3C(C)(C)C)c2cc1Cl. The molecule has 0 aliphatic carbocycles. The van der Waals surface area contributed by atoms with E-state index >= 15 is 0 Å². The zero-order valence-electron chi connectivity index (χ0n) is 13.8. The first-order valence-corrected chi connectivity index (χ1v) is 8.76. The number of thioether (sulfide) groups is 1. The summed E-state index contributed by atoms with van der Waals surface area (Å²) >= 11 is 7.69. The van der Waals surface area contributed by atoms with Crippen LogP contribution in [0.5, 0.6) is 0 Å². The Morgan fingerprint density at radius 1 is 1.29 bits per heavy atom. The predicted octanol–water partition coefficient (Wildman–Crippen LogP) is 3.79. The number of tetrazole rings is 1. The number of nitrogens with zero attached hydrogens (tertiary/aromatic N) is 4. The van der Waals surface area contributed by atoms with Gasteiger partial charge in [-0.2, -0.15) is 0 Å². The fourth-order valence-electron chi connectivity index (χ4n) is 2.30. The number of benzene rings is 1. The highest BCUT2D eigenvalue weighted by Gasteiger charge is 2.20. The van der Waals surface area contributed by atoms with Crippen molar-refractivity contribution < 1.29 is 4.42 Å². The molecule has 3 aromatic rings. The number of rotatable bonds is 3. The Balaban J connectivity index is 1.98. The van der Waals surface area contributed by atoms with Gasteiger partial charge in [0.15, 0.2) is 0 Å². The Kier molecular flexibility index (Phi) is 4.40. The minimum absolute atomic E-state index is 0.218. The van der Waals surface area contributed by atoms with Gasteiger partial charge in [0.1, 0.15) is 5.58 Å². The summed E-state index contributed by atoms with van der Waals surface area (Å²) in [5.41, 5.74) is 1.65. The molecule has 0 amide bonds. The Labute approximate surface area is 148 Å². The van der Waals surface area contributed by atoms with Gasteiger partial charge in [0.05, 0.1) is 5.54 Å². The van der Waals surface area contributed by atoms with E-state index in [9.17, 15) is 4.79 Å². The number of hydrogen-bond acceptors (Lipinski definition) is 6. The van der Waals surface area contributed by atoms with Crippen LogP contribution in [0.2, 0.25) is 5.02 Å². The summed E-state index contributed by atoms with van der Waals surface area (Å²) in [6, 6.07) is 5.11. The molecule has 0 aliphatic rings. The van der Waals surface area contributed by atoms with Crippen LogP contribution in [0.25, 0.3) is 11.0 Å². The second-order valence-electron chi connectivity index (χ2n) is 6.52. The highest BCUT2D eigenvalue weighted by atomic mass is 35.5. The molecule has 8 heteroatoms. The van der Waals surface area contributed by atoms with Gasteiger partial charge in [0.25, 0.3) is 0 Å². The summed E-state index contributed by atoms with van der Waals surface area (Å²) in [6.07, 6.45) is 0. The van der Waals surface area contributed by atoms with E-state index in [1.54, 1.807) is 10.7 Å². The second-order valence-corrected chi connectivity index (χ2v) is 7.87. The summed E-state index contributed by atoms with van der Waals surface area (Å²) < 4.78 is 7.05. The first-order chi connectivity index (χ1) is 11.3. The molecule has 1 aromatic carbocycles. The average Bonchev–Trinajstić information content (AvgIpc) is 2.95. The molecule has 0 atom stereocenters. The molecule has 3 rings (SSSR count). The van der Waals surface area contributed by atoms with Crippen LogP contribution < -0.4 is 5.63 Å². The van der Waals surface area contributed by atoms with E-state index in [4.69, 9.17) is 16.0 Å². The summed E-state index contributed by atoms with van der Waals surface area (Å²) in [5.74, 6) is 0.540. The van der Waals surface area contributed by atoms with E-state index in [2.05, 4.69) is 15.5 Å². The number of aromatic nitrogens is 4. The molecule has 2 heterocycles. The molecule has 24 heavy (non-hydrogen) atoms. The van der Waals surface area contributed by atoms with Crippen molar-refractivity contribution in [1.29, 1.82) is 0 Å². The van der Waals surface area contributed by atoms with Crippen molar-refractivity contribution >= 4 is 34.3 Å². The summed E-state index contributed by atoms with van der Waals surface area (Å²) in [4.78, 5) is 11.8. The highest BCUT2D eigenvalue weighted by molar-refractivity contribution is 7.98. The third-order valence-electron chi connectivity index (χ3n) is 3.54. The lowest BCUT2D eigenvalue weighted by Gasteiger charge is -2.19. The van der Waals surface area contributed by atoms with Crippen LogP contribution in [0.1, 0.15) is 31.9 Å². The smallest absolute Gasteiger partial charge is 0.336 e. The maximum Gasteiger partial charge on any atom is 0.336 e. The zero-order valence-corrected chi connectivity index (χ0v) is 15.4. The third kappa shape index (κ3) is 3.32. The third-order valence-corrected chi connectivity index (χ3v) is 4.92. The Hall–Kier alpha value is -1.86. The lowest BCUT2D eigenvalue weighted by molar-refractivity contribution is 0.321. The lowest BCUT2D eigenvalue weighted by Crippen LogP contribution is -2.24. The van der Waals surface area contributed by atoms with Gasteiger partial charge < -0.3 is 4.42 Å². The van der Waals surface area contributed by atoms with E-state index in [-0.39, 0.29) is 11.2 Å². The van der Waals surface area contributed by atoms with Gasteiger partial charge in [-0.25, -0.2) is 9.48 Å². The first-order valence-electron chi connectivity index (χ1n) is 7.40. The molecule has 0 N–H and O–H groups in total. The van der Waals surface area contributed by atoms with Crippen LogP contribution in [0.15, 0.2) is 32.6 Å². The molecule has 0 saturated heterocycles. The topological polar surface area (TPSA) is 73.8 Å². The van der Waals surface area contributed by atoms with Crippen molar-refractivity contribution in [3.8, 4) is 0 Å². The molecule has 0 fully saturated rings. The minimum atomic E-state index is -0.379. The summed E-state index contributed by atoms with van der Waals surface area (Å²) in [6.45, 7) is 7.97. The quantitative estimate of drug-likeness (QED) is 0.520. The van der Waals surface area contributed by atoms with Gasteiger partial charge in [-0.15, -0.1) is 5.10 Å². The lowest BCUT2D eigenvalue weighted by atomic mass is 10.1. The van der Waals surface area contributed by atoms with Gasteiger partial charge in [-0.3, -0.25) is 0 Å². The predicted molar refractivity (Wildman–Crippen MR) is 94.6 cm³/mol. The van der Waals surface area contributed by atoms with E-state index in [0.29, 0.717) is 21.5 Å². The summed E-state index contributed by atoms with van der Waals surface area (Å²) in [5, 5.41) is 14.0. The number of halogens is 1. The molecule has 0 spiro atoms. The van der Waals surface area contributed by atoms with Crippen molar-refractivity contribution in [1.82, 2.24) is 20.2 Å². The normalized spacial score (nSPS) is 12.0. The van der Waals surface area contributed by atoms with Crippen molar-refractivity contribution in [3.05, 3.63) is 44.8 Å². The Bertz CT molecular complexity index is 959. The molecule has 0 aliphatic heterocycles. The van der Waals surface area contributed by atoms with Crippen LogP contribution in [0.4, 0.5) is 0 Å². The molecular weight excluding hydrogens is 348 g/mol. The second kappa shape index (κ2) is 6.22. The van der Waals surface area contributed by atoms with Crippen LogP contribution >= 0.6 is 23.4 Å². The van der Waals surface area contributed by atoms with Crippen molar-refractivity contribution in [2.75, 3.05) is 0 Å². The molecule has 126 valence electrons. The molecule has 6 nitrogen and oxygen atoms in total. The molecule has 2 aromatic heterocycles. The standard InChI is InChI=1S/C16H17ClN4O2S/c1-9-5-13-11(7-12(9)17)10(6-14(22)23-13)8-24-15-18-19-20-21(15)16(2,3)4/h5-7H,8H2,1-4H3. The largest absolute Gasteiger partial charge is 0.423 e. The Morgan fingerprint density at radius 2 is 2.04 bits per heavy atom. The minimum Gasteiger partial charge on any atom is -0.423 e. The van der Waals surface area contributed by atoms with Gasteiger partial charge in [-0.05, 0) is 61.4 Å². The molecule has 0 unspecified atom stereocenters. The van der Waals surface area contributed by atoms with Crippen molar-refractivity contribution in [3.63, 3.8) is 0 Å². The van der Waals surface area contributed by atoms with Crippen LogP contribution in [0.3, 0.4) is 0 Å². The van der Waals surface area contributed by atoms with Gasteiger partial charge in [0, 0.05) is 22.2 Å². The van der Waals surface area contributed by atoms with Gasteiger partial charge >= 0.3 is 5.63 Å². The van der Waals surface area contributed by atoms with E-state index < -0.39 is 0 Å². The van der Waals surface area contributed by atoms with Crippen LogP contribution in [0, 0.1) is 6.92 Å². The highest BCUT2D eigenvalue weighted by Crippen LogP contribution is 2.30. The average molecular weight is 365 g/mol. The monoisotopic (exact) mass is 364 g/mol. The molecule has 0 bridgehead atoms. The van der Waals surface area contributed by atoms with Crippen molar-refractivity contribution in [2.45, 2.75) is 44.1 Å². The molecular formula is C16H17ClN4O2S. The fraction of sp³-hybridized carbons (Fsp3) is 0.375. The van der Waals surface area contributed by atoms with E-state index in [0.717, 1.165) is 16.5 Å². The van der Waals surface area contributed by atoms with Crippen LogP contribution in [-0.4, -0.2) is 20.2 Å². The van der Waals surface area contributed by atoms with Crippen molar-refractivity contribution in [2.24, 2.45) is 0 Å². The number of fused-ring (bicyclic) bond motifs is 1. The summed E-state index contributed by atoms with van der Waals surface area (Å²) in [7, 11) is 0. The van der Waals surface area contributed by atoms with Gasteiger partial charge in [0.2, 0.25) is 5.16 Å². The fourth-order valence-corrected chi connectivity index (χ4v) is 3.51. The van der Waals surface area contributed by atoms with Gasteiger partial charge in [-0.1, -0.05) is 23.4 Å². The zero-order chi connectivity index (χ0) is 17.5. The Morgan fingerprint density at radius 3 is 2.75 bits per heavy atom. The number of aryl methyl sites for hydroxylation is 1. The maximum absolute atomic E-state index is 11.8. The van der Waals surface area contributed by atoms with E-state index in [1.807, 2.05) is 33.8 Å². The van der Waals surface area contributed by atoms with E-state index in [1.165, 1.54) is 17.8 Å².